The SMILES string of the molecule is CC(O)CC#Cc1ccccc1C#N. The molecule has 1 unspecified atom stereocenters. The van der Waals surface area contributed by atoms with Crippen LogP contribution in [0.1, 0.15) is 24.5 Å². The largest absolute Gasteiger partial charge is 0.392 e. The molecule has 1 rings (SSSR count). The Kier molecular flexibility index (Phi) is 3.73. The van der Waals surface area contributed by atoms with Gasteiger partial charge in [0.05, 0.1) is 11.7 Å². The maximum Gasteiger partial charge on any atom is 0.100 e. The number of aliphatic hydroxyl groups excluding tert-OH is 1. The summed E-state index contributed by atoms with van der Waals surface area (Å²) in [5.74, 6) is 5.69. The van der Waals surface area contributed by atoms with Crippen LogP contribution in [0.3, 0.4) is 0 Å². The highest BCUT2D eigenvalue weighted by molar-refractivity contribution is 5.47. The molecule has 14 heavy (non-hydrogen) atoms. The number of rotatable bonds is 1. The normalized spacial score (nSPS) is 10.9. The van der Waals surface area contributed by atoms with Gasteiger partial charge < -0.3 is 5.11 Å². The molecule has 0 radical (unpaired) electrons. The third-order valence-electron chi connectivity index (χ3n) is 1.67. The van der Waals surface area contributed by atoms with E-state index in [9.17, 15) is 0 Å². The first-order chi connectivity index (χ1) is 6.74. The summed E-state index contributed by atoms with van der Waals surface area (Å²) >= 11 is 0. The maximum atomic E-state index is 8.99. The molecule has 0 heterocycles. The van der Waals surface area contributed by atoms with Gasteiger partial charge in [0.25, 0.3) is 0 Å². The van der Waals surface area contributed by atoms with Crippen molar-refractivity contribution in [3.8, 4) is 17.9 Å². The molecule has 0 aliphatic heterocycles. The second kappa shape index (κ2) is 5.07. The summed E-state index contributed by atoms with van der Waals surface area (Å²) in [6.45, 7) is 1.69. The molecule has 0 bridgehead atoms. The lowest BCUT2D eigenvalue weighted by Gasteiger charge is -1.94. The first-order valence-corrected chi connectivity index (χ1v) is 4.40. The Hall–Kier alpha value is -1.77. The van der Waals surface area contributed by atoms with Gasteiger partial charge in [-0.05, 0) is 19.1 Å². The number of hydrogen-bond acceptors (Lipinski definition) is 2. The van der Waals surface area contributed by atoms with E-state index in [2.05, 4.69) is 17.9 Å². The van der Waals surface area contributed by atoms with Gasteiger partial charge in [0.15, 0.2) is 0 Å². The molecule has 70 valence electrons. The molecule has 0 aliphatic carbocycles. The van der Waals surface area contributed by atoms with Gasteiger partial charge in [0.2, 0.25) is 0 Å². The van der Waals surface area contributed by atoms with E-state index >= 15 is 0 Å². The van der Waals surface area contributed by atoms with E-state index in [1.807, 2.05) is 6.07 Å². The van der Waals surface area contributed by atoms with Crippen molar-refractivity contribution in [2.45, 2.75) is 19.4 Å². The van der Waals surface area contributed by atoms with Gasteiger partial charge in [0.1, 0.15) is 6.07 Å². The van der Waals surface area contributed by atoms with Gasteiger partial charge in [-0.2, -0.15) is 5.26 Å². The van der Waals surface area contributed by atoms with Crippen LogP contribution in [0.15, 0.2) is 24.3 Å². The summed E-state index contributed by atoms with van der Waals surface area (Å²) in [5.41, 5.74) is 1.29. The second-order valence-corrected chi connectivity index (χ2v) is 3.01. The van der Waals surface area contributed by atoms with Crippen LogP contribution in [0, 0.1) is 23.2 Å². The van der Waals surface area contributed by atoms with Gasteiger partial charge >= 0.3 is 0 Å². The highest BCUT2D eigenvalue weighted by atomic mass is 16.3. The third-order valence-corrected chi connectivity index (χ3v) is 1.67. The van der Waals surface area contributed by atoms with Crippen LogP contribution in [0.25, 0.3) is 0 Å². The Bertz CT molecular complexity index is 404. The average Bonchev–Trinajstić information content (AvgIpc) is 2.18. The highest BCUT2D eigenvalue weighted by Crippen LogP contribution is 2.05. The Morgan fingerprint density at radius 2 is 2.00 bits per heavy atom. The van der Waals surface area contributed by atoms with Crippen LogP contribution in [-0.4, -0.2) is 11.2 Å². The zero-order valence-electron chi connectivity index (χ0n) is 7.99. The second-order valence-electron chi connectivity index (χ2n) is 3.01. The number of aliphatic hydroxyl groups is 1. The Morgan fingerprint density at radius 1 is 1.36 bits per heavy atom. The van der Waals surface area contributed by atoms with Crippen molar-refractivity contribution < 1.29 is 5.11 Å². The topological polar surface area (TPSA) is 44.0 Å². The predicted molar refractivity (Wildman–Crippen MR) is 54.3 cm³/mol. The number of benzene rings is 1. The Balaban J connectivity index is 2.85. The fraction of sp³-hybridized carbons (Fsp3) is 0.250. The molecule has 1 aromatic rings. The van der Waals surface area contributed by atoms with Crippen LogP contribution in [0.5, 0.6) is 0 Å². The van der Waals surface area contributed by atoms with Crippen LogP contribution >= 0.6 is 0 Å². The molecule has 0 saturated heterocycles. The van der Waals surface area contributed by atoms with E-state index in [1.165, 1.54) is 0 Å². The monoisotopic (exact) mass is 185 g/mol. The molecular formula is C12H11NO. The molecule has 0 amide bonds. The standard InChI is InChI=1S/C12H11NO/c1-10(14)5-4-8-11-6-2-3-7-12(11)9-13/h2-3,6-7,10,14H,5H2,1H3. The van der Waals surface area contributed by atoms with Crippen molar-refractivity contribution in [2.75, 3.05) is 0 Å². The molecule has 2 nitrogen and oxygen atoms in total. The molecule has 2 heteroatoms. The lowest BCUT2D eigenvalue weighted by molar-refractivity contribution is 0.201. The molecule has 0 aromatic heterocycles. The van der Waals surface area contributed by atoms with Crippen LogP contribution in [0.4, 0.5) is 0 Å². The lowest BCUT2D eigenvalue weighted by Crippen LogP contribution is -1.95. The van der Waals surface area contributed by atoms with E-state index in [0.717, 1.165) is 5.56 Å². The zero-order chi connectivity index (χ0) is 10.4. The van der Waals surface area contributed by atoms with Crippen molar-refractivity contribution in [2.24, 2.45) is 0 Å². The fourth-order valence-electron chi connectivity index (χ4n) is 0.984. The smallest absolute Gasteiger partial charge is 0.100 e. The van der Waals surface area contributed by atoms with Gasteiger partial charge in [-0.1, -0.05) is 24.0 Å². The fourth-order valence-corrected chi connectivity index (χ4v) is 0.984. The summed E-state index contributed by atoms with van der Waals surface area (Å²) < 4.78 is 0. The van der Waals surface area contributed by atoms with Crippen LogP contribution in [-0.2, 0) is 0 Å². The first kappa shape index (κ1) is 10.3. The lowest BCUT2D eigenvalue weighted by atomic mass is 10.1. The van der Waals surface area contributed by atoms with E-state index in [0.29, 0.717) is 12.0 Å². The van der Waals surface area contributed by atoms with Crippen LogP contribution in [0.2, 0.25) is 0 Å². The van der Waals surface area contributed by atoms with E-state index < -0.39 is 6.10 Å². The molecular weight excluding hydrogens is 174 g/mol. The van der Waals surface area contributed by atoms with Gasteiger partial charge in [0, 0.05) is 12.0 Å². The van der Waals surface area contributed by atoms with E-state index in [4.69, 9.17) is 10.4 Å². The summed E-state index contributed by atoms with van der Waals surface area (Å²) in [6.07, 6.45) is 0.0106. The quantitative estimate of drug-likeness (QED) is 0.676. The molecule has 1 N–H and O–H groups in total. The molecule has 0 aliphatic rings. The molecule has 0 spiro atoms. The molecule has 1 atom stereocenters. The summed E-state index contributed by atoms with van der Waals surface area (Å²) in [4.78, 5) is 0. The highest BCUT2D eigenvalue weighted by Gasteiger charge is 1.95. The number of nitrogens with zero attached hydrogens (tertiary/aromatic N) is 1. The molecule has 0 fully saturated rings. The zero-order valence-corrected chi connectivity index (χ0v) is 7.99. The third kappa shape index (κ3) is 2.94. The molecule has 0 saturated carbocycles. The van der Waals surface area contributed by atoms with Crippen molar-refractivity contribution in [1.82, 2.24) is 0 Å². The number of nitriles is 1. The van der Waals surface area contributed by atoms with Crippen molar-refractivity contribution in [1.29, 1.82) is 5.26 Å². The summed E-state index contributed by atoms with van der Waals surface area (Å²) in [6, 6.07) is 9.24. The minimum atomic E-state index is -0.420. The number of hydrogen-bond donors (Lipinski definition) is 1. The first-order valence-electron chi connectivity index (χ1n) is 4.40. The Labute approximate surface area is 83.8 Å². The van der Waals surface area contributed by atoms with Gasteiger partial charge in [-0.15, -0.1) is 0 Å². The van der Waals surface area contributed by atoms with Crippen LogP contribution < -0.4 is 0 Å². The predicted octanol–water partition coefficient (Wildman–Crippen LogP) is 1.68. The van der Waals surface area contributed by atoms with Gasteiger partial charge in [-0.25, -0.2) is 0 Å². The van der Waals surface area contributed by atoms with Crippen molar-refractivity contribution in [3.63, 3.8) is 0 Å². The average molecular weight is 185 g/mol. The minimum Gasteiger partial charge on any atom is -0.392 e. The van der Waals surface area contributed by atoms with Crippen molar-refractivity contribution >= 4 is 0 Å². The maximum absolute atomic E-state index is 8.99. The van der Waals surface area contributed by atoms with E-state index in [1.54, 1.807) is 25.1 Å². The summed E-state index contributed by atoms with van der Waals surface area (Å²) in [7, 11) is 0. The molecule has 1 aromatic carbocycles. The minimum absolute atomic E-state index is 0.420. The van der Waals surface area contributed by atoms with Gasteiger partial charge in [-0.3, -0.25) is 0 Å². The van der Waals surface area contributed by atoms with E-state index in [-0.39, 0.29) is 0 Å². The summed E-state index contributed by atoms with van der Waals surface area (Å²) in [5, 5.41) is 17.7. The van der Waals surface area contributed by atoms with Crippen molar-refractivity contribution in [3.05, 3.63) is 35.4 Å². The Morgan fingerprint density at radius 3 is 2.57 bits per heavy atom.